The molecule has 2 N–H and O–H groups in total. The van der Waals surface area contributed by atoms with Gasteiger partial charge in [0.2, 0.25) is 5.91 Å². The highest BCUT2D eigenvalue weighted by atomic mass is 16.2. The van der Waals surface area contributed by atoms with Gasteiger partial charge in [0, 0.05) is 6.42 Å². The Morgan fingerprint density at radius 1 is 1.40 bits per heavy atom. The first-order valence-corrected chi connectivity index (χ1v) is 3.26. The molecule has 0 heterocycles. The van der Waals surface area contributed by atoms with Crippen LogP contribution in [-0.4, -0.2) is 11.7 Å². The number of hydrogen-bond donors (Lipinski definition) is 1. The van der Waals surface area contributed by atoms with Crippen LogP contribution in [0.2, 0.25) is 0 Å². The van der Waals surface area contributed by atoms with Crippen LogP contribution in [-0.2, 0) is 9.59 Å². The average molecular weight is 143 g/mol. The first kappa shape index (κ1) is 9.14. The number of rotatable bonds is 3. The molecular weight excluding hydrogens is 130 g/mol. The van der Waals surface area contributed by atoms with Crippen molar-refractivity contribution in [2.45, 2.75) is 27.2 Å². The van der Waals surface area contributed by atoms with E-state index >= 15 is 0 Å². The molecule has 0 aliphatic heterocycles. The maximum absolute atomic E-state index is 11.0. The van der Waals surface area contributed by atoms with E-state index in [-0.39, 0.29) is 5.78 Å². The molecule has 10 heavy (non-hydrogen) atoms. The summed E-state index contributed by atoms with van der Waals surface area (Å²) in [7, 11) is 0. The molecule has 0 unspecified atom stereocenters. The maximum atomic E-state index is 11.0. The molecule has 0 radical (unpaired) electrons. The van der Waals surface area contributed by atoms with Gasteiger partial charge in [-0.05, 0) is 13.8 Å². The van der Waals surface area contributed by atoms with Gasteiger partial charge in [0.05, 0.1) is 0 Å². The zero-order chi connectivity index (χ0) is 8.36. The molecule has 0 aliphatic rings. The van der Waals surface area contributed by atoms with Gasteiger partial charge in [0.15, 0.2) is 0 Å². The molecule has 0 aliphatic carbocycles. The SMILES string of the molecule is CCC(=O)C(C)(C)C(N)=O. The van der Waals surface area contributed by atoms with Crippen molar-refractivity contribution in [1.82, 2.24) is 0 Å². The molecule has 0 aromatic rings. The molecule has 0 rings (SSSR count). The van der Waals surface area contributed by atoms with E-state index < -0.39 is 11.3 Å². The summed E-state index contributed by atoms with van der Waals surface area (Å²) in [6.45, 7) is 4.80. The quantitative estimate of drug-likeness (QED) is 0.584. The predicted molar refractivity (Wildman–Crippen MR) is 38.3 cm³/mol. The topological polar surface area (TPSA) is 60.2 Å². The van der Waals surface area contributed by atoms with E-state index in [9.17, 15) is 9.59 Å². The molecule has 0 saturated heterocycles. The summed E-state index contributed by atoms with van der Waals surface area (Å²) in [5, 5.41) is 0. The number of ketones is 1. The minimum absolute atomic E-state index is 0.111. The predicted octanol–water partition coefficient (Wildman–Crippen LogP) is 0.477. The second kappa shape index (κ2) is 2.82. The molecule has 0 fully saturated rings. The summed E-state index contributed by atoms with van der Waals surface area (Å²) in [5.74, 6) is -0.667. The summed E-state index contributed by atoms with van der Waals surface area (Å²) in [6, 6.07) is 0. The zero-order valence-corrected chi connectivity index (χ0v) is 6.60. The Morgan fingerprint density at radius 3 is 1.90 bits per heavy atom. The highest BCUT2D eigenvalue weighted by Crippen LogP contribution is 2.16. The van der Waals surface area contributed by atoms with Gasteiger partial charge in [0.25, 0.3) is 0 Å². The van der Waals surface area contributed by atoms with Crippen LogP contribution in [0.5, 0.6) is 0 Å². The fourth-order valence-electron chi connectivity index (χ4n) is 0.579. The Labute approximate surface area is 60.6 Å². The van der Waals surface area contributed by atoms with Gasteiger partial charge in [-0.2, -0.15) is 0 Å². The third-order valence-electron chi connectivity index (χ3n) is 1.63. The van der Waals surface area contributed by atoms with Gasteiger partial charge in [0.1, 0.15) is 11.2 Å². The fraction of sp³-hybridized carbons (Fsp3) is 0.714. The normalized spacial score (nSPS) is 11.1. The van der Waals surface area contributed by atoms with Crippen molar-refractivity contribution < 1.29 is 9.59 Å². The monoisotopic (exact) mass is 143 g/mol. The maximum Gasteiger partial charge on any atom is 0.230 e. The number of amides is 1. The Balaban J connectivity index is 4.40. The van der Waals surface area contributed by atoms with Crippen LogP contribution in [0.3, 0.4) is 0 Å². The highest BCUT2D eigenvalue weighted by Gasteiger charge is 2.31. The summed E-state index contributed by atoms with van der Waals surface area (Å²) in [5.41, 5.74) is 4.00. The number of primary amides is 1. The third-order valence-corrected chi connectivity index (χ3v) is 1.63. The van der Waals surface area contributed by atoms with Gasteiger partial charge >= 0.3 is 0 Å². The van der Waals surface area contributed by atoms with Gasteiger partial charge in [-0.3, -0.25) is 9.59 Å². The van der Waals surface area contributed by atoms with Crippen molar-refractivity contribution >= 4 is 11.7 Å². The smallest absolute Gasteiger partial charge is 0.230 e. The third kappa shape index (κ3) is 1.56. The lowest BCUT2D eigenvalue weighted by Gasteiger charge is -2.16. The van der Waals surface area contributed by atoms with Gasteiger partial charge in [-0.1, -0.05) is 6.92 Å². The number of carbonyl (C=O) groups is 2. The Bertz CT molecular complexity index is 161. The molecule has 1 amide bonds. The van der Waals surface area contributed by atoms with Crippen molar-refractivity contribution in [2.24, 2.45) is 11.1 Å². The van der Waals surface area contributed by atoms with Crippen molar-refractivity contribution in [3.05, 3.63) is 0 Å². The Kier molecular flexibility index (Phi) is 2.57. The summed E-state index contributed by atoms with van der Waals surface area (Å²) >= 11 is 0. The second-order valence-corrected chi connectivity index (χ2v) is 2.77. The van der Waals surface area contributed by atoms with Gasteiger partial charge < -0.3 is 5.73 Å². The first-order valence-electron chi connectivity index (χ1n) is 3.26. The molecule has 0 spiro atoms. The number of nitrogens with two attached hydrogens (primary N) is 1. The lowest BCUT2D eigenvalue weighted by molar-refractivity contribution is -0.137. The number of hydrogen-bond acceptors (Lipinski definition) is 2. The van der Waals surface area contributed by atoms with Crippen LogP contribution < -0.4 is 5.73 Å². The van der Waals surface area contributed by atoms with E-state index in [0.29, 0.717) is 6.42 Å². The summed E-state index contributed by atoms with van der Waals surface area (Å²) in [6.07, 6.45) is 0.357. The largest absolute Gasteiger partial charge is 0.369 e. The average Bonchev–Trinajstić information content (AvgIpc) is 1.86. The van der Waals surface area contributed by atoms with Crippen molar-refractivity contribution in [3.8, 4) is 0 Å². The first-order chi connectivity index (χ1) is 4.42. The lowest BCUT2D eigenvalue weighted by Crippen LogP contribution is -2.38. The van der Waals surface area contributed by atoms with Gasteiger partial charge in [-0.25, -0.2) is 0 Å². The van der Waals surface area contributed by atoms with Gasteiger partial charge in [-0.15, -0.1) is 0 Å². The van der Waals surface area contributed by atoms with Crippen LogP contribution in [0, 0.1) is 5.41 Å². The molecule has 0 bridgehead atoms. The van der Waals surface area contributed by atoms with E-state index in [0.717, 1.165) is 0 Å². The summed E-state index contributed by atoms with van der Waals surface area (Å²) < 4.78 is 0. The number of carbonyl (C=O) groups excluding carboxylic acids is 2. The fourth-order valence-corrected chi connectivity index (χ4v) is 0.579. The van der Waals surface area contributed by atoms with Crippen LogP contribution >= 0.6 is 0 Å². The summed E-state index contributed by atoms with van der Waals surface area (Å²) in [4.78, 5) is 21.6. The standard InChI is InChI=1S/C7H13NO2/c1-4-5(9)7(2,3)6(8)10/h4H2,1-3H3,(H2,8,10). The second-order valence-electron chi connectivity index (χ2n) is 2.77. The molecule has 0 aromatic carbocycles. The highest BCUT2D eigenvalue weighted by molar-refractivity contribution is 6.04. The van der Waals surface area contributed by atoms with E-state index in [1.165, 1.54) is 0 Å². The lowest BCUT2D eigenvalue weighted by atomic mass is 9.86. The van der Waals surface area contributed by atoms with E-state index in [2.05, 4.69) is 0 Å². The van der Waals surface area contributed by atoms with Crippen LogP contribution in [0.1, 0.15) is 27.2 Å². The Hall–Kier alpha value is -0.860. The number of Topliss-reactive ketones (excluding diaryl/α,β-unsaturated/α-hetero) is 1. The zero-order valence-electron chi connectivity index (χ0n) is 6.60. The van der Waals surface area contributed by atoms with E-state index in [4.69, 9.17) is 5.73 Å². The molecule has 0 saturated carbocycles. The van der Waals surface area contributed by atoms with Crippen LogP contribution in [0.15, 0.2) is 0 Å². The molecule has 3 nitrogen and oxygen atoms in total. The van der Waals surface area contributed by atoms with E-state index in [1.807, 2.05) is 0 Å². The van der Waals surface area contributed by atoms with Crippen molar-refractivity contribution in [3.63, 3.8) is 0 Å². The Morgan fingerprint density at radius 2 is 1.80 bits per heavy atom. The van der Waals surface area contributed by atoms with E-state index in [1.54, 1.807) is 20.8 Å². The molecule has 3 heteroatoms. The molecular formula is C7H13NO2. The van der Waals surface area contributed by atoms with Crippen LogP contribution in [0.4, 0.5) is 0 Å². The molecule has 0 atom stereocenters. The van der Waals surface area contributed by atoms with Crippen molar-refractivity contribution in [1.29, 1.82) is 0 Å². The van der Waals surface area contributed by atoms with Crippen molar-refractivity contribution in [2.75, 3.05) is 0 Å². The molecule has 0 aromatic heterocycles. The van der Waals surface area contributed by atoms with Crippen LogP contribution in [0.25, 0.3) is 0 Å². The minimum Gasteiger partial charge on any atom is -0.369 e. The minimum atomic E-state index is -0.991. The molecule has 58 valence electrons.